The van der Waals surface area contributed by atoms with Gasteiger partial charge in [-0.1, -0.05) is 15.9 Å². The first-order valence-electron chi connectivity index (χ1n) is 17.1. The number of ether oxygens (including phenoxy) is 2. The van der Waals surface area contributed by atoms with Crippen molar-refractivity contribution in [2.24, 2.45) is 0 Å². The summed E-state index contributed by atoms with van der Waals surface area (Å²) in [6, 6.07) is 14.4. The van der Waals surface area contributed by atoms with Crippen molar-refractivity contribution in [3.8, 4) is 0 Å². The Balaban J connectivity index is 0.000000208. The van der Waals surface area contributed by atoms with Crippen molar-refractivity contribution in [3.05, 3.63) is 70.0 Å². The summed E-state index contributed by atoms with van der Waals surface area (Å²) in [7, 11) is 0. The van der Waals surface area contributed by atoms with Gasteiger partial charge in [-0.3, -0.25) is 19.3 Å². The van der Waals surface area contributed by atoms with Gasteiger partial charge in [0.2, 0.25) is 0 Å². The van der Waals surface area contributed by atoms with Gasteiger partial charge in [-0.05, 0) is 62.4 Å². The summed E-state index contributed by atoms with van der Waals surface area (Å²) in [4.78, 5) is 48.9. The van der Waals surface area contributed by atoms with Gasteiger partial charge in [0, 0.05) is 90.2 Å². The predicted octanol–water partition coefficient (Wildman–Crippen LogP) is 5.25. The maximum Gasteiger partial charge on any atom is 0.406 e. The van der Waals surface area contributed by atoms with E-state index in [4.69, 9.17) is 9.47 Å². The highest BCUT2D eigenvalue weighted by Crippen LogP contribution is 2.28. The van der Waals surface area contributed by atoms with Crippen LogP contribution in [0.15, 0.2) is 53.0 Å². The lowest BCUT2D eigenvalue weighted by Gasteiger charge is -2.37. The first-order chi connectivity index (χ1) is 24.4. The van der Waals surface area contributed by atoms with Crippen molar-refractivity contribution in [1.29, 1.82) is 0 Å². The summed E-state index contributed by atoms with van der Waals surface area (Å²) in [5, 5.41) is 1.49. The van der Waals surface area contributed by atoms with Gasteiger partial charge < -0.3 is 33.7 Å². The van der Waals surface area contributed by atoms with Gasteiger partial charge in [0.05, 0.1) is 26.4 Å². The molecule has 0 unspecified atom stereocenters. The molecular formula is C36H42BrF3N6O5. The fourth-order valence-electron chi connectivity index (χ4n) is 6.64. The van der Waals surface area contributed by atoms with Crippen molar-refractivity contribution < 1.29 is 37.0 Å². The van der Waals surface area contributed by atoms with Crippen molar-refractivity contribution in [1.82, 2.24) is 29.2 Å². The van der Waals surface area contributed by atoms with E-state index >= 15 is 0 Å². The van der Waals surface area contributed by atoms with Crippen LogP contribution in [0, 0.1) is 0 Å². The average molecular weight is 776 g/mol. The number of nitrogens with zero attached hydrogens (tertiary/aromatic N) is 5. The molecule has 7 rings (SSSR count). The molecule has 0 bridgehead atoms. The molecule has 3 amide bonds. The number of hydrogen-bond acceptors (Lipinski definition) is 6. The van der Waals surface area contributed by atoms with Crippen LogP contribution in [0.5, 0.6) is 0 Å². The van der Waals surface area contributed by atoms with Gasteiger partial charge in [0.1, 0.15) is 17.9 Å². The number of aromatic amines is 1. The molecule has 0 spiro atoms. The average Bonchev–Trinajstić information content (AvgIpc) is 3.71. The molecule has 0 saturated carbocycles. The van der Waals surface area contributed by atoms with Crippen LogP contribution in [0.4, 0.5) is 13.2 Å². The summed E-state index contributed by atoms with van der Waals surface area (Å²) in [5.74, 6) is -0.563. The molecule has 2 aromatic heterocycles. The molecule has 0 atom stereocenters. The van der Waals surface area contributed by atoms with Crippen LogP contribution in [0.25, 0.3) is 21.8 Å². The Bertz CT molecular complexity index is 1870. The van der Waals surface area contributed by atoms with Crippen LogP contribution in [0.2, 0.25) is 0 Å². The van der Waals surface area contributed by atoms with Crippen molar-refractivity contribution in [2.45, 2.75) is 32.6 Å². The highest BCUT2D eigenvalue weighted by atomic mass is 79.9. The van der Waals surface area contributed by atoms with Gasteiger partial charge in [-0.15, -0.1) is 0 Å². The molecule has 15 heteroatoms. The van der Waals surface area contributed by atoms with Gasteiger partial charge in [0.15, 0.2) is 0 Å². The Hall–Kier alpha value is -3.92. The Morgan fingerprint density at radius 2 is 1.35 bits per heavy atom. The van der Waals surface area contributed by atoms with Crippen molar-refractivity contribution in [3.63, 3.8) is 0 Å². The fraction of sp³-hybridized carbons (Fsp3) is 0.472. The monoisotopic (exact) mass is 774 g/mol. The molecule has 3 aliphatic rings. The van der Waals surface area contributed by atoms with E-state index in [1.54, 1.807) is 17.0 Å². The molecule has 11 nitrogen and oxygen atoms in total. The smallest absolute Gasteiger partial charge is 0.378 e. The third-order valence-corrected chi connectivity index (χ3v) is 9.94. The summed E-state index contributed by atoms with van der Waals surface area (Å²) >= 11 is 3.43. The molecule has 2 aromatic carbocycles. The Kier molecular flexibility index (Phi) is 11.4. The maximum atomic E-state index is 13.3. The number of morpholine rings is 2. The van der Waals surface area contributed by atoms with Gasteiger partial charge in [0.25, 0.3) is 17.7 Å². The van der Waals surface area contributed by atoms with E-state index in [-0.39, 0.29) is 23.0 Å². The number of rotatable bonds is 5. The second-order valence-corrected chi connectivity index (χ2v) is 14.1. The number of nitrogens with one attached hydrogen (secondary N) is 1. The van der Waals surface area contributed by atoms with Crippen molar-refractivity contribution >= 4 is 55.5 Å². The van der Waals surface area contributed by atoms with Crippen LogP contribution in [0.1, 0.15) is 45.2 Å². The predicted molar refractivity (Wildman–Crippen MR) is 190 cm³/mol. The first kappa shape index (κ1) is 36.9. The number of halogens is 4. The zero-order chi connectivity index (χ0) is 36.3. The topological polar surface area (TPSA) is 103 Å². The second kappa shape index (κ2) is 15.8. The zero-order valence-corrected chi connectivity index (χ0v) is 30.3. The van der Waals surface area contributed by atoms with Crippen molar-refractivity contribution in [2.75, 3.05) is 78.8 Å². The molecular weight excluding hydrogens is 733 g/mol. The molecule has 0 radical (unpaired) electrons. The molecule has 3 fully saturated rings. The van der Waals surface area contributed by atoms with Gasteiger partial charge in [-0.2, -0.15) is 13.2 Å². The molecule has 0 aliphatic carbocycles. The number of fused-ring (bicyclic) bond motifs is 2. The van der Waals surface area contributed by atoms with Crippen LogP contribution in [-0.4, -0.2) is 138 Å². The van der Waals surface area contributed by atoms with E-state index in [0.717, 1.165) is 33.0 Å². The summed E-state index contributed by atoms with van der Waals surface area (Å²) < 4.78 is 52.5. The summed E-state index contributed by atoms with van der Waals surface area (Å²) in [6.07, 6.45) is -4.49. The number of amides is 3. The molecule has 274 valence electrons. The number of carbonyl (C=O) groups excluding carboxylic acids is 3. The van der Waals surface area contributed by atoms with Crippen LogP contribution in [0.3, 0.4) is 0 Å². The van der Waals surface area contributed by atoms with E-state index in [0.29, 0.717) is 88.4 Å². The molecule has 4 aromatic rings. The molecule has 3 saturated heterocycles. The number of benzene rings is 2. The summed E-state index contributed by atoms with van der Waals surface area (Å²) in [5.41, 5.74) is 2.29. The highest BCUT2D eigenvalue weighted by Gasteiger charge is 2.33. The van der Waals surface area contributed by atoms with Crippen LogP contribution in [-0.2, 0) is 16.0 Å². The van der Waals surface area contributed by atoms with Crippen LogP contribution < -0.4 is 0 Å². The van der Waals surface area contributed by atoms with Gasteiger partial charge >= 0.3 is 6.18 Å². The standard InChI is InChI=1S/C23H29F3N4O3.C13H13BrN2O2/c1-16(2)27-5-7-28(8-6-27)21(31)17-3-4-19-18(13-17)14-20(30(19)15-23(24,25)26)22(32)29-9-11-33-12-10-29;14-10-1-2-11-9(7-10)8-12(15-11)13(17)16-3-5-18-6-4-16/h3-4,13-14,16H,5-12,15H2,1-2H3;1-2,7-8,15H,3-6H2. The van der Waals surface area contributed by atoms with E-state index in [1.807, 2.05) is 29.2 Å². The lowest BCUT2D eigenvalue weighted by Crippen LogP contribution is -2.50. The Morgan fingerprint density at radius 1 is 0.745 bits per heavy atom. The molecule has 1 N–H and O–H groups in total. The van der Waals surface area contributed by atoms with E-state index in [9.17, 15) is 27.6 Å². The fourth-order valence-corrected chi connectivity index (χ4v) is 7.02. The van der Waals surface area contributed by atoms with E-state index in [1.165, 1.54) is 17.0 Å². The minimum absolute atomic E-state index is 0.0284. The highest BCUT2D eigenvalue weighted by molar-refractivity contribution is 9.10. The third-order valence-electron chi connectivity index (χ3n) is 9.45. The minimum atomic E-state index is -4.49. The number of H-pyrrole nitrogens is 1. The number of hydrogen-bond donors (Lipinski definition) is 1. The largest absolute Gasteiger partial charge is 0.406 e. The molecule has 3 aliphatic heterocycles. The second-order valence-electron chi connectivity index (χ2n) is 13.2. The SMILES string of the molecule is CC(C)N1CCN(C(=O)c2ccc3c(c2)cc(C(=O)N2CCOCC2)n3CC(F)(F)F)CC1.O=C(c1cc2cc(Br)ccc2[nH]1)N1CCOCC1. The number of piperazine rings is 1. The quantitative estimate of drug-likeness (QED) is 0.298. The van der Waals surface area contributed by atoms with Gasteiger partial charge in [-0.25, -0.2) is 0 Å². The first-order valence-corrected chi connectivity index (χ1v) is 17.9. The number of aromatic nitrogens is 2. The van der Waals surface area contributed by atoms with Crippen LogP contribution >= 0.6 is 15.9 Å². The Morgan fingerprint density at radius 3 is 1.96 bits per heavy atom. The normalized spacial score (nSPS) is 17.6. The lowest BCUT2D eigenvalue weighted by molar-refractivity contribution is -0.140. The third kappa shape index (κ3) is 8.76. The lowest BCUT2D eigenvalue weighted by atomic mass is 10.1. The minimum Gasteiger partial charge on any atom is -0.378 e. The number of alkyl halides is 3. The Labute approximate surface area is 302 Å². The van der Waals surface area contributed by atoms with E-state index in [2.05, 4.69) is 39.7 Å². The summed E-state index contributed by atoms with van der Waals surface area (Å²) in [6.45, 7) is 9.68. The molecule has 51 heavy (non-hydrogen) atoms. The van der Waals surface area contributed by atoms with E-state index < -0.39 is 18.6 Å². The molecule has 5 heterocycles. The number of carbonyl (C=O) groups is 3. The maximum absolute atomic E-state index is 13.3. The zero-order valence-electron chi connectivity index (χ0n) is 28.7.